The summed E-state index contributed by atoms with van der Waals surface area (Å²) >= 11 is 0. The third-order valence-corrected chi connectivity index (χ3v) is 3.21. The van der Waals surface area contributed by atoms with Crippen LogP contribution in [0.4, 0.5) is 0 Å². The zero-order chi connectivity index (χ0) is 12.0. The average Bonchev–Trinajstić information content (AvgIpc) is 2.67. The minimum Gasteiger partial charge on any atom is -0.456 e. The molecule has 2 aromatic carbocycles. The number of nitrogens with one attached hydrogen (secondary N) is 1. The maximum atomic E-state index is 7.78. The van der Waals surface area contributed by atoms with Crippen LogP contribution in [0.1, 0.15) is 18.1 Å². The predicted molar refractivity (Wildman–Crippen MR) is 71.0 cm³/mol. The van der Waals surface area contributed by atoms with Gasteiger partial charge < -0.3 is 9.83 Å². The molecule has 0 saturated carbocycles. The SMILES string of the molecule is CC(=N)c1ccc2oc3ccccc3c2c1C. The molecular formula is C15H13NO. The number of para-hydroxylation sites is 1. The van der Waals surface area contributed by atoms with E-state index >= 15 is 0 Å². The van der Waals surface area contributed by atoms with E-state index in [9.17, 15) is 0 Å². The fourth-order valence-electron chi connectivity index (χ4n) is 2.39. The summed E-state index contributed by atoms with van der Waals surface area (Å²) in [7, 11) is 0. The van der Waals surface area contributed by atoms with Crippen LogP contribution in [0.5, 0.6) is 0 Å². The maximum Gasteiger partial charge on any atom is 0.135 e. The molecule has 0 radical (unpaired) electrons. The number of rotatable bonds is 1. The molecule has 0 spiro atoms. The van der Waals surface area contributed by atoms with Crippen molar-refractivity contribution in [2.45, 2.75) is 13.8 Å². The molecule has 0 atom stereocenters. The fourth-order valence-corrected chi connectivity index (χ4v) is 2.39. The van der Waals surface area contributed by atoms with Gasteiger partial charge in [-0.05, 0) is 43.2 Å². The Hall–Kier alpha value is -2.09. The highest BCUT2D eigenvalue weighted by Gasteiger charge is 2.11. The van der Waals surface area contributed by atoms with Crippen molar-refractivity contribution in [2.24, 2.45) is 0 Å². The molecule has 1 aromatic heterocycles. The number of benzene rings is 2. The number of aryl methyl sites for hydroxylation is 1. The highest BCUT2D eigenvalue weighted by Crippen LogP contribution is 2.32. The molecule has 2 nitrogen and oxygen atoms in total. The summed E-state index contributed by atoms with van der Waals surface area (Å²) in [5.74, 6) is 0. The van der Waals surface area contributed by atoms with E-state index in [4.69, 9.17) is 9.83 Å². The second-order valence-electron chi connectivity index (χ2n) is 4.33. The molecule has 2 heteroatoms. The van der Waals surface area contributed by atoms with E-state index in [1.165, 1.54) is 0 Å². The quantitative estimate of drug-likeness (QED) is 0.614. The van der Waals surface area contributed by atoms with E-state index in [1.807, 2.05) is 37.3 Å². The lowest BCUT2D eigenvalue weighted by molar-refractivity contribution is 0.669. The first-order valence-corrected chi connectivity index (χ1v) is 5.65. The highest BCUT2D eigenvalue weighted by atomic mass is 16.3. The van der Waals surface area contributed by atoms with Gasteiger partial charge in [0.1, 0.15) is 11.2 Å². The Labute approximate surface area is 99.4 Å². The van der Waals surface area contributed by atoms with Crippen molar-refractivity contribution >= 4 is 27.7 Å². The van der Waals surface area contributed by atoms with E-state index in [1.54, 1.807) is 0 Å². The normalized spacial score (nSPS) is 11.2. The second kappa shape index (κ2) is 3.45. The summed E-state index contributed by atoms with van der Waals surface area (Å²) in [5, 5.41) is 10.0. The summed E-state index contributed by atoms with van der Waals surface area (Å²) in [6, 6.07) is 11.9. The van der Waals surface area contributed by atoms with Crippen LogP contribution in [0, 0.1) is 12.3 Å². The summed E-state index contributed by atoms with van der Waals surface area (Å²) in [6.07, 6.45) is 0. The van der Waals surface area contributed by atoms with Gasteiger partial charge in [0.2, 0.25) is 0 Å². The van der Waals surface area contributed by atoms with Gasteiger partial charge in [-0.3, -0.25) is 0 Å². The summed E-state index contributed by atoms with van der Waals surface area (Å²) < 4.78 is 5.80. The molecule has 0 aliphatic heterocycles. The topological polar surface area (TPSA) is 37.0 Å². The Morgan fingerprint density at radius 2 is 1.82 bits per heavy atom. The minimum atomic E-state index is 0.592. The van der Waals surface area contributed by atoms with Gasteiger partial charge in [-0.15, -0.1) is 0 Å². The summed E-state index contributed by atoms with van der Waals surface area (Å²) in [5.41, 5.74) is 4.51. The van der Waals surface area contributed by atoms with Gasteiger partial charge in [-0.2, -0.15) is 0 Å². The third-order valence-electron chi connectivity index (χ3n) is 3.21. The van der Waals surface area contributed by atoms with Crippen molar-refractivity contribution in [3.8, 4) is 0 Å². The largest absolute Gasteiger partial charge is 0.456 e. The standard InChI is InChI=1S/C15H13NO/c1-9-11(10(2)16)7-8-14-15(9)12-5-3-4-6-13(12)17-14/h3-8,16H,1-2H3. The lowest BCUT2D eigenvalue weighted by Gasteiger charge is -2.04. The molecule has 17 heavy (non-hydrogen) atoms. The summed E-state index contributed by atoms with van der Waals surface area (Å²) in [6.45, 7) is 3.87. The van der Waals surface area contributed by atoms with E-state index < -0.39 is 0 Å². The van der Waals surface area contributed by atoms with Crippen molar-refractivity contribution in [3.63, 3.8) is 0 Å². The maximum absolute atomic E-state index is 7.78. The van der Waals surface area contributed by atoms with Gasteiger partial charge in [-0.25, -0.2) is 0 Å². The Bertz CT molecular complexity index is 737. The van der Waals surface area contributed by atoms with Crippen molar-refractivity contribution < 1.29 is 4.42 Å². The van der Waals surface area contributed by atoms with E-state index in [2.05, 4.69) is 13.0 Å². The number of fused-ring (bicyclic) bond motifs is 3. The molecule has 3 aromatic rings. The molecule has 84 valence electrons. The average molecular weight is 223 g/mol. The van der Waals surface area contributed by atoms with E-state index in [0.29, 0.717) is 5.71 Å². The van der Waals surface area contributed by atoms with Gasteiger partial charge >= 0.3 is 0 Å². The Morgan fingerprint density at radius 3 is 2.59 bits per heavy atom. The van der Waals surface area contributed by atoms with E-state index in [0.717, 1.165) is 33.1 Å². The Morgan fingerprint density at radius 1 is 1.06 bits per heavy atom. The first kappa shape index (κ1) is 10.1. The lowest BCUT2D eigenvalue weighted by atomic mass is 9.99. The molecule has 0 bridgehead atoms. The zero-order valence-electron chi connectivity index (χ0n) is 9.87. The number of hydrogen-bond donors (Lipinski definition) is 1. The van der Waals surface area contributed by atoms with Gasteiger partial charge in [0, 0.05) is 16.5 Å². The molecule has 0 unspecified atom stereocenters. The fraction of sp³-hybridized carbons (Fsp3) is 0.133. The Kier molecular flexibility index (Phi) is 2.05. The number of hydrogen-bond acceptors (Lipinski definition) is 2. The van der Waals surface area contributed by atoms with E-state index in [-0.39, 0.29) is 0 Å². The minimum absolute atomic E-state index is 0.592. The van der Waals surface area contributed by atoms with Gasteiger partial charge in [0.05, 0.1) is 0 Å². The molecule has 0 aliphatic carbocycles. The van der Waals surface area contributed by atoms with Crippen LogP contribution < -0.4 is 0 Å². The van der Waals surface area contributed by atoms with Gasteiger partial charge in [0.25, 0.3) is 0 Å². The molecular weight excluding hydrogens is 210 g/mol. The predicted octanol–water partition coefficient (Wildman–Crippen LogP) is 4.28. The van der Waals surface area contributed by atoms with Crippen LogP contribution in [-0.2, 0) is 0 Å². The van der Waals surface area contributed by atoms with Gasteiger partial charge in [-0.1, -0.05) is 18.2 Å². The molecule has 0 saturated heterocycles. The van der Waals surface area contributed by atoms with Crippen LogP contribution in [0.15, 0.2) is 40.8 Å². The highest BCUT2D eigenvalue weighted by molar-refractivity contribution is 6.11. The molecule has 1 heterocycles. The second-order valence-corrected chi connectivity index (χ2v) is 4.33. The third kappa shape index (κ3) is 1.37. The Balaban J connectivity index is 2.52. The monoisotopic (exact) mass is 223 g/mol. The van der Waals surface area contributed by atoms with Crippen molar-refractivity contribution in [3.05, 3.63) is 47.5 Å². The molecule has 0 amide bonds. The first-order valence-electron chi connectivity index (χ1n) is 5.65. The molecule has 3 rings (SSSR count). The molecule has 1 N–H and O–H groups in total. The number of furan rings is 1. The van der Waals surface area contributed by atoms with Crippen LogP contribution in [-0.4, -0.2) is 5.71 Å². The molecule has 0 aliphatic rings. The smallest absolute Gasteiger partial charge is 0.135 e. The molecule has 0 fully saturated rings. The van der Waals surface area contributed by atoms with Crippen molar-refractivity contribution in [1.29, 1.82) is 5.41 Å². The van der Waals surface area contributed by atoms with Crippen LogP contribution in [0.25, 0.3) is 21.9 Å². The van der Waals surface area contributed by atoms with Crippen molar-refractivity contribution in [1.82, 2.24) is 0 Å². The van der Waals surface area contributed by atoms with Gasteiger partial charge in [0.15, 0.2) is 0 Å². The lowest BCUT2D eigenvalue weighted by Crippen LogP contribution is -1.95. The zero-order valence-corrected chi connectivity index (χ0v) is 9.87. The first-order chi connectivity index (χ1) is 8.18. The van der Waals surface area contributed by atoms with Crippen LogP contribution >= 0.6 is 0 Å². The van der Waals surface area contributed by atoms with Crippen molar-refractivity contribution in [2.75, 3.05) is 0 Å². The van der Waals surface area contributed by atoms with Crippen LogP contribution in [0.2, 0.25) is 0 Å². The summed E-state index contributed by atoms with van der Waals surface area (Å²) in [4.78, 5) is 0. The van der Waals surface area contributed by atoms with Crippen LogP contribution in [0.3, 0.4) is 0 Å².